The molecule has 2 heterocycles. The van der Waals surface area contributed by atoms with Crippen molar-refractivity contribution in [1.29, 1.82) is 0 Å². The van der Waals surface area contributed by atoms with Crippen molar-refractivity contribution in [3.8, 4) is 0 Å². The summed E-state index contributed by atoms with van der Waals surface area (Å²) in [5.74, 6) is 0.257. The second-order valence-corrected chi connectivity index (χ2v) is 4.43. The Labute approximate surface area is 102 Å². The first kappa shape index (κ1) is 11.3. The summed E-state index contributed by atoms with van der Waals surface area (Å²) in [6.07, 6.45) is -0.155. The number of fused-ring (bicyclic) bond motifs is 1. The van der Waals surface area contributed by atoms with Crippen LogP contribution in [0.4, 0.5) is 5.82 Å². The van der Waals surface area contributed by atoms with E-state index < -0.39 is 24.4 Å². The van der Waals surface area contributed by atoms with Gasteiger partial charge in [-0.2, -0.15) is 0 Å². The van der Waals surface area contributed by atoms with Gasteiger partial charge in [-0.25, -0.2) is 15.0 Å². The zero-order valence-corrected chi connectivity index (χ0v) is 9.38. The number of nitrogens with two attached hydrogens (primary N) is 1. The molecule has 0 radical (unpaired) electrons. The molecule has 18 heavy (non-hydrogen) atoms. The third-order valence-electron chi connectivity index (χ3n) is 3.37. The van der Waals surface area contributed by atoms with Crippen molar-refractivity contribution < 1.29 is 15.3 Å². The Morgan fingerprint density at radius 3 is 2.61 bits per heavy atom. The third kappa shape index (κ3) is 1.47. The van der Waals surface area contributed by atoms with Crippen LogP contribution in [-0.2, 0) is 0 Å². The fraction of sp³-hybridized carbons (Fsp3) is 0.500. The Bertz CT molecular complexity index is 586. The first-order valence-corrected chi connectivity index (χ1v) is 5.57. The molecule has 0 amide bonds. The van der Waals surface area contributed by atoms with Crippen molar-refractivity contribution >= 4 is 17.0 Å². The van der Waals surface area contributed by atoms with E-state index in [0.29, 0.717) is 11.2 Å². The van der Waals surface area contributed by atoms with Crippen LogP contribution in [0.25, 0.3) is 11.2 Å². The first-order valence-electron chi connectivity index (χ1n) is 5.57. The summed E-state index contributed by atoms with van der Waals surface area (Å²) in [7, 11) is 0. The number of nitrogen functional groups attached to an aromatic ring is 1. The summed E-state index contributed by atoms with van der Waals surface area (Å²) in [5.41, 5.74) is 6.59. The van der Waals surface area contributed by atoms with Crippen molar-refractivity contribution in [1.82, 2.24) is 19.5 Å². The Hall–Kier alpha value is -1.77. The van der Waals surface area contributed by atoms with E-state index in [1.807, 2.05) is 0 Å². The maximum absolute atomic E-state index is 9.90. The number of imidazole rings is 1. The zero-order valence-electron chi connectivity index (χ0n) is 9.38. The van der Waals surface area contributed by atoms with E-state index in [-0.39, 0.29) is 12.2 Å². The van der Waals surface area contributed by atoms with Gasteiger partial charge in [-0.05, 0) is 6.42 Å². The molecule has 2 aromatic heterocycles. The maximum atomic E-state index is 9.90. The minimum Gasteiger partial charge on any atom is -0.390 e. The predicted octanol–water partition coefficient (Wildman–Crippen LogP) is -1.56. The molecule has 1 aliphatic carbocycles. The first-order chi connectivity index (χ1) is 8.59. The van der Waals surface area contributed by atoms with E-state index in [9.17, 15) is 15.3 Å². The van der Waals surface area contributed by atoms with Gasteiger partial charge in [0.25, 0.3) is 0 Å². The Kier molecular flexibility index (Phi) is 2.44. The van der Waals surface area contributed by atoms with Gasteiger partial charge in [0.15, 0.2) is 11.5 Å². The van der Waals surface area contributed by atoms with Gasteiger partial charge in [0.2, 0.25) is 0 Å². The summed E-state index contributed by atoms with van der Waals surface area (Å²) >= 11 is 0. The van der Waals surface area contributed by atoms with Crippen LogP contribution in [0.15, 0.2) is 12.7 Å². The number of aliphatic hydroxyl groups excluding tert-OH is 3. The molecule has 1 aliphatic rings. The molecular weight excluding hydrogens is 238 g/mol. The summed E-state index contributed by atoms with van der Waals surface area (Å²) in [6, 6.07) is -0.478. The summed E-state index contributed by atoms with van der Waals surface area (Å²) in [5, 5.41) is 29.0. The largest absolute Gasteiger partial charge is 0.390 e. The number of rotatable bonds is 1. The third-order valence-corrected chi connectivity index (χ3v) is 3.37. The second kappa shape index (κ2) is 3.87. The van der Waals surface area contributed by atoms with Crippen LogP contribution in [0.1, 0.15) is 12.5 Å². The van der Waals surface area contributed by atoms with E-state index in [2.05, 4.69) is 15.0 Å². The van der Waals surface area contributed by atoms with E-state index in [1.54, 1.807) is 4.57 Å². The monoisotopic (exact) mass is 251 g/mol. The molecular formula is C10H13N5O3. The van der Waals surface area contributed by atoms with Gasteiger partial charge in [-0.3, -0.25) is 0 Å². The van der Waals surface area contributed by atoms with Crippen molar-refractivity contribution in [3.05, 3.63) is 12.7 Å². The Morgan fingerprint density at radius 2 is 1.94 bits per heavy atom. The lowest BCUT2D eigenvalue weighted by atomic mass is 10.2. The maximum Gasteiger partial charge on any atom is 0.165 e. The molecule has 1 saturated carbocycles. The van der Waals surface area contributed by atoms with Crippen molar-refractivity contribution in [3.63, 3.8) is 0 Å². The average Bonchev–Trinajstić information content (AvgIpc) is 2.88. The van der Waals surface area contributed by atoms with Crippen LogP contribution in [-0.4, -0.2) is 53.2 Å². The molecule has 0 spiro atoms. The highest BCUT2D eigenvalue weighted by Crippen LogP contribution is 2.33. The second-order valence-electron chi connectivity index (χ2n) is 4.43. The van der Waals surface area contributed by atoms with E-state index in [0.717, 1.165) is 0 Å². The predicted molar refractivity (Wildman–Crippen MR) is 61.4 cm³/mol. The van der Waals surface area contributed by atoms with Gasteiger partial charge in [-0.1, -0.05) is 0 Å². The van der Waals surface area contributed by atoms with Crippen LogP contribution in [0.5, 0.6) is 0 Å². The van der Waals surface area contributed by atoms with Crippen LogP contribution in [0, 0.1) is 0 Å². The number of hydrogen-bond donors (Lipinski definition) is 4. The molecule has 1 fully saturated rings. The molecule has 0 saturated heterocycles. The van der Waals surface area contributed by atoms with E-state index in [4.69, 9.17) is 5.73 Å². The van der Waals surface area contributed by atoms with Crippen LogP contribution < -0.4 is 5.73 Å². The number of hydrogen-bond acceptors (Lipinski definition) is 7. The van der Waals surface area contributed by atoms with E-state index >= 15 is 0 Å². The summed E-state index contributed by atoms with van der Waals surface area (Å²) < 4.78 is 1.61. The number of nitrogens with zero attached hydrogens (tertiary/aromatic N) is 4. The SMILES string of the molecule is Nc1ncnc2c1ncn2[C@@H]1C[C@H](O)[C@H](O)[C@@H]1O. The number of aliphatic hydroxyl groups is 3. The molecule has 2 aromatic rings. The Balaban J connectivity index is 2.08. The zero-order chi connectivity index (χ0) is 12.9. The molecule has 5 N–H and O–H groups in total. The van der Waals surface area contributed by atoms with Gasteiger partial charge in [0.05, 0.1) is 18.5 Å². The Morgan fingerprint density at radius 1 is 1.17 bits per heavy atom. The van der Waals surface area contributed by atoms with Crippen molar-refractivity contribution in [2.24, 2.45) is 0 Å². The molecule has 8 nitrogen and oxygen atoms in total. The molecule has 0 aliphatic heterocycles. The lowest BCUT2D eigenvalue weighted by Gasteiger charge is -2.17. The average molecular weight is 251 g/mol. The molecule has 8 heteroatoms. The number of aromatic nitrogens is 4. The van der Waals surface area contributed by atoms with Gasteiger partial charge in [0, 0.05) is 0 Å². The van der Waals surface area contributed by atoms with Crippen molar-refractivity contribution in [2.45, 2.75) is 30.8 Å². The van der Waals surface area contributed by atoms with E-state index in [1.165, 1.54) is 12.7 Å². The lowest BCUT2D eigenvalue weighted by molar-refractivity contribution is -0.0244. The van der Waals surface area contributed by atoms with Crippen LogP contribution >= 0.6 is 0 Å². The minimum absolute atomic E-state index is 0.234. The highest BCUT2D eigenvalue weighted by Gasteiger charge is 2.42. The molecule has 4 atom stereocenters. The fourth-order valence-corrected chi connectivity index (χ4v) is 2.37. The van der Waals surface area contributed by atoms with Gasteiger partial charge in [-0.15, -0.1) is 0 Å². The summed E-state index contributed by atoms with van der Waals surface area (Å²) in [6.45, 7) is 0. The standard InChI is InChI=1S/C10H13N5O3/c11-9-6-10(13-2-12-9)15(3-14-6)4-1-5(16)8(18)7(4)17/h2-5,7-8,16-18H,1H2,(H2,11,12,13)/t4-,5+,7-,8+/m1/s1. The molecule has 96 valence electrons. The number of anilines is 1. The van der Waals surface area contributed by atoms with Gasteiger partial charge >= 0.3 is 0 Å². The quantitative estimate of drug-likeness (QED) is 0.482. The minimum atomic E-state index is -1.16. The highest BCUT2D eigenvalue weighted by molar-refractivity contribution is 5.81. The van der Waals surface area contributed by atoms with Crippen LogP contribution in [0.3, 0.4) is 0 Å². The summed E-state index contributed by atoms with van der Waals surface area (Å²) in [4.78, 5) is 12.0. The van der Waals surface area contributed by atoms with Gasteiger partial charge in [0.1, 0.15) is 24.1 Å². The fourth-order valence-electron chi connectivity index (χ4n) is 2.37. The topological polar surface area (TPSA) is 130 Å². The highest BCUT2D eigenvalue weighted by atomic mass is 16.4. The molecule has 3 rings (SSSR count). The normalized spacial score (nSPS) is 32.2. The lowest BCUT2D eigenvalue weighted by Crippen LogP contribution is -2.31. The molecule has 0 aromatic carbocycles. The van der Waals surface area contributed by atoms with Crippen LogP contribution in [0.2, 0.25) is 0 Å². The smallest absolute Gasteiger partial charge is 0.165 e. The van der Waals surface area contributed by atoms with Gasteiger partial charge < -0.3 is 25.6 Å². The molecule has 0 unspecified atom stereocenters. The van der Waals surface area contributed by atoms with Crippen molar-refractivity contribution in [2.75, 3.05) is 5.73 Å². The molecule has 0 bridgehead atoms.